The number of halogens is 1. The minimum atomic E-state index is -0.837. The Morgan fingerprint density at radius 2 is 2.10 bits per heavy atom. The summed E-state index contributed by atoms with van der Waals surface area (Å²) in [7, 11) is 0. The monoisotopic (exact) mass is 279 g/mol. The fraction of sp³-hybridized carbons (Fsp3) is 0.333. The maximum atomic E-state index is 13.3. The SMILES string of the molecule is CC(CCCNC(=O)/C=C/c1ccccc1F)C(=O)O. The van der Waals surface area contributed by atoms with Gasteiger partial charge in [-0.1, -0.05) is 25.1 Å². The van der Waals surface area contributed by atoms with Crippen LogP contribution in [-0.4, -0.2) is 23.5 Å². The molecule has 0 bridgehead atoms. The van der Waals surface area contributed by atoms with Crippen LogP contribution in [0.5, 0.6) is 0 Å². The highest BCUT2D eigenvalue weighted by Crippen LogP contribution is 2.08. The van der Waals surface area contributed by atoms with E-state index in [1.165, 1.54) is 18.2 Å². The molecule has 0 saturated heterocycles. The van der Waals surface area contributed by atoms with E-state index in [9.17, 15) is 14.0 Å². The van der Waals surface area contributed by atoms with Crippen LogP contribution in [-0.2, 0) is 9.59 Å². The lowest BCUT2D eigenvalue weighted by molar-refractivity contribution is -0.141. The summed E-state index contributed by atoms with van der Waals surface area (Å²) in [6, 6.07) is 6.17. The van der Waals surface area contributed by atoms with E-state index < -0.39 is 11.9 Å². The van der Waals surface area contributed by atoms with Crippen molar-refractivity contribution in [1.82, 2.24) is 5.32 Å². The molecule has 0 fully saturated rings. The number of carbonyl (C=O) groups excluding carboxylic acids is 1. The van der Waals surface area contributed by atoms with E-state index in [1.807, 2.05) is 0 Å². The van der Waals surface area contributed by atoms with Crippen molar-refractivity contribution in [2.24, 2.45) is 5.92 Å². The highest BCUT2D eigenvalue weighted by molar-refractivity contribution is 5.91. The van der Waals surface area contributed by atoms with E-state index in [-0.39, 0.29) is 11.7 Å². The Labute approximate surface area is 117 Å². The van der Waals surface area contributed by atoms with Gasteiger partial charge in [-0.2, -0.15) is 0 Å². The molecule has 0 radical (unpaired) electrons. The molecule has 2 N–H and O–H groups in total. The third kappa shape index (κ3) is 5.65. The molecule has 1 unspecified atom stereocenters. The van der Waals surface area contributed by atoms with E-state index in [4.69, 9.17) is 5.11 Å². The van der Waals surface area contributed by atoms with Crippen molar-refractivity contribution in [3.63, 3.8) is 0 Å². The Bertz CT molecular complexity index is 500. The first-order valence-corrected chi connectivity index (χ1v) is 6.44. The molecule has 108 valence electrons. The molecule has 1 aromatic rings. The molecular formula is C15H18FNO3. The van der Waals surface area contributed by atoms with Crippen LogP contribution in [0, 0.1) is 11.7 Å². The summed E-state index contributed by atoms with van der Waals surface area (Å²) in [6.45, 7) is 2.03. The normalized spacial score (nSPS) is 12.3. The molecule has 5 heteroatoms. The van der Waals surface area contributed by atoms with Crippen molar-refractivity contribution in [1.29, 1.82) is 0 Å². The first-order valence-electron chi connectivity index (χ1n) is 6.44. The summed E-state index contributed by atoms with van der Waals surface area (Å²) in [5.41, 5.74) is 0.349. The van der Waals surface area contributed by atoms with E-state index in [2.05, 4.69) is 5.32 Å². The molecule has 1 amide bonds. The van der Waals surface area contributed by atoms with Crippen molar-refractivity contribution >= 4 is 18.0 Å². The summed E-state index contributed by atoms with van der Waals surface area (Å²) in [6.07, 6.45) is 3.77. The molecule has 20 heavy (non-hydrogen) atoms. The van der Waals surface area contributed by atoms with Gasteiger partial charge in [0, 0.05) is 18.2 Å². The van der Waals surface area contributed by atoms with Crippen LogP contribution in [0.25, 0.3) is 6.08 Å². The van der Waals surface area contributed by atoms with Gasteiger partial charge in [-0.15, -0.1) is 0 Å². The Kier molecular flexibility index (Phi) is 6.43. The van der Waals surface area contributed by atoms with Gasteiger partial charge < -0.3 is 10.4 Å². The maximum absolute atomic E-state index is 13.3. The van der Waals surface area contributed by atoms with E-state index >= 15 is 0 Å². The number of aliphatic carboxylic acids is 1. The van der Waals surface area contributed by atoms with Crippen LogP contribution in [0.1, 0.15) is 25.3 Å². The van der Waals surface area contributed by atoms with Gasteiger partial charge in [-0.3, -0.25) is 9.59 Å². The zero-order chi connectivity index (χ0) is 15.0. The summed E-state index contributed by atoms with van der Waals surface area (Å²) in [5.74, 6) is -1.96. The lowest BCUT2D eigenvalue weighted by Gasteiger charge is -2.05. The molecule has 0 aromatic heterocycles. The molecule has 0 heterocycles. The molecule has 1 rings (SSSR count). The fourth-order valence-corrected chi connectivity index (χ4v) is 1.58. The Balaban J connectivity index is 2.31. The second-order valence-corrected chi connectivity index (χ2v) is 4.53. The van der Waals surface area contributed by atoms with Crippen molar-refractivity contribution in [3.8, 4) is 0 Å². The minimum absolute atomic E-state index is 0.323. The van der Waals surface area contributed by atoms with Crippen LogP contribution in [0.3, 0.4) is 0 Å². The molecule has 0 saturated carbocycles. The van der Waals surface area contributed by atoms with Gasteiger partial charge in [0.1, 0.15) is 5.82 Å². The van der Waals surface area contributed by atoms with E-state index in [0.29, 0.717) is 24.9 Å². The molecule has 0 aliphatic rings. The fourth-order valence-electron chi connectivity index (χ4n) is 1.58. The predicted molar refractivity (Wildman–Crippen MR) is 74.5 cm³/mol. The highest BCUT2D eigenvalue weighted by Gasteiger charge is 2.09. The molecule has 0 spiro atoms. The van der Waals surface area contributed by atoms with Crippen LogP contribution in [0.4, 0.5) is 4.39 Å². The third-order valence-electron chi connectivity index (χ3n) is 2.85. The zero-order valence-corrected chi connectivity index (χ0v) is 11.3. The quantitative estimate of drug-likeness (QED) is 0.595. The third-order valence-corrected chi connectivity index (χ3v) is 2.85. The molecule has 0 aliphatic heterocycles. The van der Waals surface area contributed by atoms with Gasteiger partial charge in [-0.05, 0) is 25.0 Å². The smallest absolute Gasteiger partial charge is 0.306 e. The number of hydrogen-bond acceptors (Lipinski definition) is 2. The van der Waals surface area contributed by atoms with Crippen molar-refractivity contribution in [2.45, 2.75) is 19.8 Å². The topological polar surface area (TPSA) is 66.4 Å². The molecule has 1 aromatic carbocycles. The van der Waals surface area contributed by atoms with Gasteiger partial charge >= 0.3 is 5.97 Å². The first-order chi connectivity index (χ1) is 9.50. The minimum Gasteiger partial charge on any atom is -0.481 e. The van der Waals surface area contributed by atoms with Crippen LogP contribution in [0.2, 0.25) is 0 Å². The van der Waals surface area contributed by atoms with E-state index in [1.54, 1.807) is 25.1 Å². The zero-order valence-electron chi connectivity index (χ0n) is 11.3. The van der Waals surface area contributed by atoms with Crippen molar-refractivity contribution < 1.29 is 19.1 Å². The number of rotatable bonds is 7. The van der Waals surface area contributed by atoms with Gasteiger partial charge in [0.2, 0.25) is 5.91 Å². The average Bonchev–Trinajstić information content (AvgIpc) is 2.42. The largest absolute Gasteiger partial charge is 0.481 e. The number of carboxylic acids is 1. The Hall–Kier alpha value is -2.17. The Morgan fingerprint density at radius 3 is 2.75 bits per heavy atom. The molecule has 1 atom stereocenters. The lowest BCUT2D eigenvalue weighted by atomic mass is 10.1. The molecule has 0 aliphatic carbocycles. The maximum Gasteiger partial charge on any atom is 0.306 e. The second-order valence-electron chi connectivity index (χ2n) is 4.53. The predicted octanol–water partition coefficient (Wildman–Crippen LogP) is 2.46. The summed E-state index contributed by atoms with van der Waals surface area (Å²) < 4.78 is 13.3. The molecular weight excluding hydrogens is 261 g/mol. The number of benzene rings is 1. The average molecular weight is 279 g/mol. The van der Waals surface area contributed by atoms with Gasteiger partial charge in [0.15, 0.2) is 0 Å². The number of amides is 1. The van der Waals surface area contributed by atoms with Crippen LogP contribution < -0.4 is 5.32 Å². The summed E-state index contributed by atoms with van der Waals surface area (Å²) in [4.78, 5) is 22.1. The first kappa shape index (κ1) is 15.9. The number of carbonyl (C=O) groups is 2. The highest BCUT2D eigenvalue weighted by atomic mass is 19.1. The number of hydrogen-bond donors (Lipinski definition) is 2. The van der Waals surface area contributed by atoms with E-state index in [0.717, 1.165) is 0 Å². The van der Waals surface area contributed by atoms with Gasteiger partial charge in [0.25, 0.3) is 0 Å². The van der Waals surface area contributed by atoms with Crippen molar-refractivity contribution in [3.05, 3.63) is 41.7 Å². The van der Waals surface area contributed by atoms with Gasteiger partial charge in [-0.25, -0.2) is 4.39 Å². The van der Waals surface area contributed by atoms with Crippen LogP contribution in [0.15, 0.2) is 30.3 Å². The lowest BCUT2D eigenvalue weighted by Crippen LogP contribution is -2.23. The molecule has 4 nitrogen and oxygen atoms in total. The second kappa shape index (κ2) is 8.09. The summed E-state index contributed by atoms with van der Waals surface area (Å²) in [5, 5.41) is 11.3. The number of nitrogens with one attached hydrogen (secondary N) is 1. The Morgan fingerprint density at radius 1 is 1.40 bits per heavy atom. The van der Waals surface area contributed by atoms with Crippen LogP contribution >= 0.6 is 0 Å². The number of carboxylic acid groups (broad SMARTS) is 1. The van der Waals surface area contributed by atoms with Crippen molar-refractivity contribution in [2.75, 3.05) is 6.54 Å². The standard InChI is InChI=1S/C15H18FNO3/c1-11(15(19)20)5-4-10-17-14(18)9-8-12-6-2-3-7-13(12)16/h2-3,6-9,11H,4-5,10H2,1H3,(H,17,18)(H,19,20)/b9-8+. The summed E-state index contributed by atoms with van der Waals surface area (Å²) >= 11 is 0. The van der Waals surface area contributed by atoms with Gasteiger partial charge in [0.05, 0.1) is 5.92 Å².